The predicted molar refractivity (Wildman–Crippen MR) is 59.7 cm³/mol. The molecule has 0 aliphatic carbocycles. The molecule has 17 heavy (non-hydrogen) atoms. The molecule has 1 rings (SSSR count). The molecule has 0 spiro atoms. The van der Waals surface area contributed by atoms with Crippen LogP contribution in [0.5, 0.6) is 0 Å². The van der Waals surface area contributed by atoms with Crippen LogP contribution in [0.3, 0.4) is 0 Å². The van der Waals surface area contributed by atoms with Crippen molar-refractivity contribution in [2.75, 3.05) is 20.3 Å². The minimum atomic E-state index is -1.28. The lowest BCUT2D eigenvalue weighted by Crippen LogP contribution is -2.56. The van der Waals surface area contributed by atoms with Crippen LogP contribution in [-0.4, -0.2) is 48.4 Å². The first kappa shape index (κ1) is 13.9. The number of carbonyl (C=O) groups excluding carboxylic acids is 1. The van der Waals surface area contributed by atoms with Crippen LogP contribution in [0, 0.1) is 0 Å². The van der Waals surface area contributed by atoms with Crippen LogP contribution in [0.1, 0.15) is 26.7 Å². The molecule has 6 heteroatoms. The fourth-order valence-corrected chi connectivity index (χ4v) is 1.66. The van der Waals surface area contributed by atoms with Crippen LogP contribution in [-0.2, 0) is 19.1 Å². The molecule has 1 unspecified atom stereocenters. The zero-order chi connectivity index (χ0) is 13.1. The Hall–Kier alpha value is -1.14. The Bertz CT molecular complexity index is 307. The monoisotopic (exact) mass is 245 g/mol. The molecule has 0 aromatic heterocycles. The average molecular weight is 245 g/mol. The number of nitrogens with one attached hydrogen (secondary N) is 1. The van der Waals surface area contributed by atoms with Crippen LogP contribution in [0.15, 0.2) is 0 Å². The molecule has 6 nitrogen and oxygen atoms in total. The lowest BCUT2D eigenvalue weighted by Gasteiger charge is -2.27. The molecule has 98 valence electrons. The summed E-state index contributed by atoms with van der Waals surface area (Å²) in [6.07, 6.45) is 0.403. The average Bonchev–Trinajstić information content (AvgIpc) is 2.66. The second kappa shape index (κ2) is 5.01. The van der Waals surface area contributed by atoms with E-state index in [0.717, 1.165) is 0 Å². The Morgan fingerprint density at radius 1 is 1.53 bits per heavy atom. The van der Waals surface area contributed by atoms with E-state index >= 15 is 0 Å². The minimum Gasteiger partial charge on any atom is -0.479 e. The summed E-state index contributed by atoms with van der Waals surface area (Å²) < 4.78 is 10.2. The summed E-state index contributed by atoms with van der Waals surface area (Å²) in [4.78, 5) is 22.9. The molecule has 1 aliphatic rings. The number of hydrogen-bond acceptors (Lipinski definition) is 4. The summed E-state index contributed by atoms with van der Waals surface area (Å²) >= 11 is 0. The van der Waals surface area contributed by atoms with Crippen LogP contribution in [0.4, 0.5) is 0 Å². The van der Waals surface area contributed by atoms with Gasteiger partial charge in [-0.05, 0) is 13.8 Å². The maximum Gasteiger partial charge on any atom is 0.331 e. The Morgan fingerprint density at radius 3 is 2.59 bits per heavy atom. The maximum atomic E-state index is 11.8. The molecule has 1 saturated heterocycles. The Kier molecular flexibility index (Phi) is 4.11. The molecule has 0 aromatic rings. The van der Waals surface area contributed by atoms with Gasteiger partial charge in [-0.25, -0.2) is 4.79 Å². The third-order valence-electron chi connectivity index (χ3n) is 2.95. The zero-order valence-corrected chi connectivity index (χ0v) is 10.4. The molecule has 1 fully saturated rings. The second-order valence-electron chi connectivity index (χ2n) is 4.88. The van der Waals surface area contributed by atoms with Crippen molar-refractivity contribution in [1.82, 2.24) is 5.32 Å². The minimum absolute atomic E-state index is 0.0154. The Morgan fingerprint density at radius 2 is 2.18 bits per heavy atom. The van der Waals surface area contributed by atoms with Crippen molar-refractivity contribution in [3.63, 3.8) is 0 Å². The van der Waals surface area contributed by atoms with Gasteiger partial charge < -0.3 is 19.9 Å². The molecule has 2 N–H and O–H groups in total. The molecule has 0 saturated carbocycles. The number of aliphatic carboxylic acids is 1. The number of carbonyl (C=O) groups is 2. The quantitative estimate of drug-likeness (QED) is 0.720. The predicted octanol–water partition coefficient (Wildman–Crippen LogP) is 0.161. The molecule has 1 aliphatic heterocycles. The summed E-state index contributed by atoms with van der Waals surface area (Å²) in [7, 11) is 1.51. The molecular weight excluding hydrogens is 226 g/mol. The van der Waals surface area contributed by atoms with E-state index in [0.29, 0.717) is 13.0 Å². The van der Waals surface area contributed by atoms with E-state index < -0.39 is 17.1 Å². The standard InChI is InChI=1S/C11H19NO5/c1-10(2,16-3)6-8(13)12-11(9(14)15)4-5-17-7-11/h4-7H2,1-3H3,(H,12,13)(H,14,15). The van der Waals surface area contributed by atoms with Gasteiger partial charge in [-0.1, -0.05) is 0 Å². The number of carboxylic acid groups (broad SMARTS) is 1. The number of methoxy groups -OCH3 is 1. The topological polar surface area (TPSA) is 84.9 Å². The molecule has 0 aromatic carbocycles. The highest BCUT2D eigenvalue weighted by molar-refractivity contribution is 5.87. The molecule has 0 bridgehead atoms. The second-order valence-corrected chi connectivity index (χ2v) is 4.88. The van der Waals surface area contributed by atoms with Crippen molar-refractivity contribution in [3.05, 3.63) is 0 Å². The fraction of sp³-hybridized carbons (Fsp3) is 0.818. The Labute approximate surface area is 100 Å². The highest BCUT2D eigenvalue weighted by Gasteiger charge is 2.44. The number of carboxylic acids is 1. The Balaban J connectivity index is 2.63. The van der Waals surface area contributed by atoms with Gasteiger partial charge in [0.15, 0.2) is 5.54 Å². The maximum absolute atomic E-state index is 11.8. The van der Waals surface area contributed by atoms with Gasteiger partial charge in [0.25, 0.3) is 0 Å². The highest BCUT2D eigenvalue weighted by atomic mass is 16.5. The smallest absolute Gasteiger partial charge is 0.331 e. The summed E-state index contributed by atoms with van der Waals surface area (Å²) in [5.74, 6) is -1.40. The van der Waals surface area contributed by atoms with Gasteiger partial charge >= 0.3 is 5.97 Å². The fourth-order valence-electron chi connectivity index (χ4n) is 1.66. The largest absolute Gasteiger partial charge is 0.479 e. The van der Waals surface area contributed by atoms with Crippen LogP contribution >= 0.6 is 0 Å². The molecule has 1 heterocycles. The van der Waals surface area contributed by atoms with Crippen molar-refractivity contribution in [2.45, 2.75) is 37.8 Å². The lowest BCUT2D eigenvalue weighted by atomic mass is 9.97. The summed E-state index contributed by atoms with van der Waals surface area (Å²) in [5.41, 5.74) is -1.88. The summed E-state index contributed by atoms with van der Waals surface area (Å²) in [5, 5.41) is 11.7. The van der Waals surface area contributed by atoms with E-state index in [2.05, 4.69) is 5.32 Å². The highest BCUT2D eigenvalue weighted by Crippen LogP contribution is 2.20. The number of rotatable bonds is 5. The van der Waals surface area contributed by atoms with E-state index in [-0.39, 0.29) is 18.9 Å². The molecular formula is C11H19NO5. The van der Waals surface area contributed by atoms with Crippen molar-refractivity contribution in [3.8, 4) is 0 Å². The van der Waals surface area contributed by atoms with E-state index in [9.17, 15) is 9.59 Å². The van der Waals surface area contributed by atoms with E-state index in [1.165, 1.54) is 7.11 Å². The molecule has 0 radical (unpaired) electrons. The third-order valence-corrected chi connectivity index (χ3v) is 2.95. The van der Waals surface area contributed by atoms with E-state index in [1.54, 1.807) is 13.8 Å². The van der Waals surface area contributed by atoms with Gasteiger partial charge in [0.2, 0.25) is 5.91 Å². The summed E-state index contributed by atoms with van der Waals surface area (Å²) in [6, 6.07) is 0. The van der Waals surface area contributed by atoms with E-state index in [4.69, 9.17) is 14.6 Å². The first-order chi connectivity index (χ1) is 7.81. The van der Waals surface area contributed by atoms with Gasteiger partial charge in [-0.3, -0.25) is 4.79 Å². The van der Waals surface area contributed by atoms with Crippen molar-refractivity contribution < 1.29 is 24.2 Å². The van der Waals surface area contributed by atoms with Gasteiger partial charge in [0, 0.05) is 20.1 Å². The van der Waals surface area contributed by atoms with Crippen molar-refractivity contribution in [1.29, 1.82) is 0 Å². The van der Waals surface area contributed by atoms with E-state index in [1.807, 2.05) is 0 Å². The lowest BCUT2D eigenvalue weighted by molar-refractivity contribution is -0.148. The van der Waals surface area contributed by atoms with Gasteiger partial charge in [0.1, 0.15) is 0 Å². The van der Waals surface area contributed by atoms with Crippen molar-refractivity contribution in [2.24, 2.45) is 0 Å². The van der Waals surface area contributed by atoms with Crippen molar-refractivity contribution >= 4 is 11.9 Å². The molecule has 1 amide bonds. The summed E-state index contributed by atoms with van der Waals surface area (Å²) in [6.45, 7) is 3.90. The van der Waals surface area contributed by atoms with Gasteiger partial charge in [0.05, 0.1) is 18.6 Å². The number of hydrogen-bond donors (Lipinski definition) is 2. The van der Waals surface area contributed by atoms with Crippen LogP contribution in [0.25, 0.3) is 0 Å². The van der Waals surface area contributed by atoms with Gasteiger partial charge in [-0.15, -0.1) is 0 Å². The normalized spacial score (nSPS) is 24.6. The first-order valence-corrected chi connectivity index (χ1v) is 5.49. The SMILES string of the molecule is COC(C)(C)CC(=O)NC1(C(=O)O)CCOC1. The number of amides is 1. The first-order valence-electron chi connectivity index (χ1n) is 5.49. The van der Waals surface area contributed by atoms with Gasteiger partial charge in [-0.2, -0.15) is 0 Å². The van der Waals surface area contributed by atoms with Crippen LogP contribution < -0.4 is 5.32 Å². The van der Waals surface area contributed by atoms with Crippen LogP contribution in [0.2, 0.25) is 0 Å². The zero-order valence-electron chi connectivity index (χ0n) is 10.4. The third kappa shape index (κ3) is 3.41. The molecule has 1 atom stereocenters. The number of ether oxygens (including phenoxy) is 2.